The van der Waals surface area contributed by atoms with Crippen LogP contribution in [0.3, 0.4) is 0 Å². The van der Waals surface area contributed by atoms with E-state index in [0.717, 1.165) is 21.3 Å². The normalized spacial score (nSPS) is 11.8. The van der Waals surface area contributed by atoms with Gasteiger partial charge in [0.2, 0.25) is 10.6 Å². The Morgan fingerprint density at radius 3 is 2.36 bits per heavy atom. The van der Waals surface area contributed by atoms with Crippen molar-refractivity contribution in [2.75, 3.05) is 27.9 Å². The van der Waals surface area contributed by atoms with Gasteiger partial charge in [-0.1, -0.05) is 28.1 Å². The molecule has 1 heterocycles. The van der Waals surface area contributed by atoms with E-state index in [-0.39, 0.29) is 5.75 Å². The highest BCUT2D eigenvalue weighted by Gasteiger charge is 2.17. The molecule has 0 radical (unpaired) electrons. The minimum absolute atomic E-state index is 0.0903. The maximum Gasteiger partial charge on any atom is 0.206 e. The number of aromatic nitrogens is 1. The number of halogens is 2. The first-order chi connectivity index (χ1) is 15.8. The van der Waals surface area contributed by atoms with Crippen molar-refractivity contribution in [2.24, 2.45) is 10.1 Å². The summed E-state index contributed by atoms with van der Waals surface area (Å²) in [6.45, 7) is 6.32. The molecule has 1 N–H and O–H groups in total. The van der Waals surface area contributed by atoms with Crippen molar-refractivity contribution in [3.63, 3.8) is 0 Å². The predicted octanol–water partition coefficient (Wildman–Crippen LogP) is 5.83. The molecule has 7 nitrogen and oxygen atoms in total. The number of benzene rings is 2. The minimum Gasteiger partial charge on any atom is -0.506 e. The number of thiazole rings is 1. The molecule has 0 saturated heterocycles. The summed E-state index contributed by atoms with van der Waals surface area (Å²) in [5.41, 5.74) is 3.04. The van der Waals surface area contributed by atoms with E-state index in [9.17, 15) is 5.11 Å². The lowest BCUT2D eigenvalue weighted by atomic mass is 10.1. The van der Waals surface area contributed by atoms with Gasteiger partial charge in [-0.2, -0.15) is 5.10 Å². The van der Waals surface area contributed by atoms with Crippen LogP contribution in [-0.2, 0) is 0 Å². The minimum atomic E-state index is 0.0903. The van der Waals surface area contributed by atoms with E-state index in [4.69, 9.17) is 14.2 Å². The molecule has 0 spiro atoms. The number of methoxy groups -OCH3 is 3. The summed E-state index contributed by atoms with van der Waals surface area (Å²) in [5, 5.41) is 17.0. The summed E-state index contributed by atoms with van der Waals surface area (Å²) in [6, 6.07) is 7.25. The predicted molar refractivity (Wildman–Crippen MR) is 139 cm³/mol. The fraction of sp³-hybridized carbons (Fsp3) is 0.217. The van der Waals surface area contributed by atoms with Crippen molar-refractivity contribution in [1.82, 2.24) is 4.68 Å². The zero-order chi connectivity index (χ0) is 24.1. The van der Waals surface area contributed by atoms with Gasteiger partial charge in [0.05, 0.1) is 44.3 Å². The Morgan fingerprint density at radius 2 is 1.79 bits per heavy atom. The van der Waals surface area contributed by atoms with Gasteiger partial charge in [-0.05, 0) is 47.1 Å². The van der Waals surface area contributed by atoms with Crippen LogP contribution in [0.2, 0.25) is 0 Å². The van der Waals surface area contributed by atoms with Gasteiger partial charge >= 0.3 is 0 Å². The smallest absolute Gasteiger partial charge is 0.206 e. The molecule has 2 aromatic carbocycles. The van der Waals surface area contributed by atoms with E-state index >= 15 is 0 Å². The van der Waals surface area contributed by atoms with Crippen molar-refractivity contribution in [1.29, 1.82) is 0 Å². The lowest BCUT2D eigenvalue weighted by Gasteiger charge is -2.14. The van der Waals surface area contributed by atoms with Crippen molar-refractivity contribution >= 4 is 49.4 Å². The van der Waals surface area contributed by atoms with Gasteiger partial charge < -0.3 is 19.3 Å². The zero-order valence-corrected chi connectivity index (χ0v) is 22.5. The van der Waals surface area contributed by atoms with Gasteiger partial charge in [-0.15, -0.1) is 11.3 Å². The summed E-state index contributed by atoms with van der Waals surface area (Å²) in [4.78, 5) is 5.31. The monoisotopic (exact) mass is 595 g/mol. The number of hydrogen-bond donors (Lipinski definition) is 1. The third-order valence-electron chi connectivity index (χ3n) is 4.50. The average molecular weight is 597 g/mol. The topological polar surface area (TPSA) is 77.6 Å². The van der Waals surface area contributed by atoms with Gasteiger partial charge in [0.15, 0.2) is 11.5 Å². The molecule has 10 heteroatoms. The molecule has 0 atom stereocenters. The summed E-state index contributed by atoms with van der Waals surface area (Å²) >= 11 is 8.24. The molecule has 0 saturated carbocycles. The number of phenols is 1. The largest absolute Gasteiger partial charge is 0.506 e. The fourth-order valence-electron chi connectivity index (χ4n) is 2.95. The van der Waals surface area contributed by atoms with Crippen LogP contribution >= 0.6 is 43.2 Å². The van der Waals surface area contributed by atoms with Gasteiger partial charge in [-0.3, -0.25) is 4.99 Å². The Morgan fingerprint density at radius 1 is 1.12 bits per heavy atom. The van der Waals surface area contributed by atoms with E-state index < -0.39 is 0 Å². The molecule has 33 heavy (non-hydrogen) atoms. The lowest BCUT2D eigenvalue weighted by molar-refractivity contribution is 0.324. The summed E-state index contributed by atoms with van der Waals surface area (Å²) in [6.07, 6.45) is 1.58. The summed E-state index contributed by atoms with van der Waals surface area (Å²) in [7, 11) is 4.71. The molecule has 1 aromatic heterocycles. The van der Waals surface area contributed by atoms with Crippen molar-refractivity contribution in [3.05, 3.63) is 61.1 Å². The second-order valence-corrected chi connectivity index (χ2v) is 9.58. The number of aromatic hydroxyl groups is 1. The van der Waals surface area contributed by atoms with Gasteiger partial charge in [0.1, 0.15) is 5.75 Å². The van der Waals surface area contributed by atoms with Crippen LogP contribution in [0.1, 0.15) is 12.5 Å². The number of rotatable bonds is 8. The number of ether oxygens (including phenoxy) is 3. The molecule has 3 rings (SSSR count). The Kier molecular flexibility index (Phi) is 8.39. The van der Waals surface area contributed by atoms with Crippen LogP contribution in [0, 0.1) is 0 Å². The van der Waals surface area contributed by atoms with Crippen LogP contribution < -0.4 is 19.0 Å². The first-order valence-corrected chi connectivity index (χ1v) is 12.1. The second-order valence-electron chi connectivity index (χ2n) is 6.97. The second kappa shape index (κ2) is 11.0. The van der Waals surface area contributed by atoms with Crippen LogP contribution in [0.5, 0.6) is 23.0 Å². The van der Waals surface area contributed by atoms with Crippen molar-refractivity contribution in [3.8, 4) is 34.3 Å². The number of phenolic OH excluding ortho intramolecular Hbond substituents is 1. The molecule has 0 amide bonds. The first kappa shape index (κ1) is 25.1. The zero-order valence-electron chi connectivity index (χ0n) is 18.6. The van der Waals surface area contributed by atoms with Crippen LogP contribution in [-0.4, -0.2) is 43.9 Å². The Balaban J connectivity index is 2.21. The maximum absolute atomic E-state index is 10.4. The molecule has 0 aliphatic rings. The Bertz CT molecular complexity index is 1260. The molecule has 174 valence electrons. The van der Waals surface area contributed by atoms with Gasteiger partial charge in [-0.25, -0.2) is 4.68 Å². The van der Waals surface area contributed by atoms with E-state index in [1.165, 1.54) is 11.3 Å². The molecule has 0 aliphatic carbocycles. The Hall–Kier alpha value is -2.56. The molecular weight excluding hydrogens is 574 g/mol. The molecule has 0 unspecified atom stereocenters. The van der Waals surface area contributed by atoms with Crippen LogP contribution in [0.25, 0.3) is 11.3 Å². The highest BCUT2D eigenvalue weighted by molar-refractivity contribution is 9.11. The Labute approximate surface area is 212 Å². The van der Waals surface area contributed by atoms with E-state index in [2.05, 4.69) is 48.5 Å². The molecule has 0 aliphatic heterocycles. The van der Waals surface area contributed by atoms with E-state index in [1.807, 2.05) is 24.4 Å². The van der Waals surface area contributed by atoms with Crippen LogP contribution in [0.4, 0.5) is 0 Å². The lowest BCUT2D eigenvalue weighted by Crippen LogP contribution is -2.13. The summed E-state index contributed by atoms with van der Waals surface area (Å²) in [5.74, 6) is 1.66. The number of nitrogens with zero attached hydrogens (tertiary/aromatic N) is 3. The standard InChI is InChI=1S/C23H23Br2N3O4S/c1-13(2)10-26-23-28(27-11-15-6-16(24)9-17(25)21(15)29)18(12-33-23)14-7-19(30-3)22(32-5)20(8-14)31-4/h6-9,11-12,29H,1,10H2,2-5H3. The number of hydrogen-bond acceptors (Lipinski definition) is 7. The highest BCUT2D eigenvalue weighted by atomic mass is 79.9. The van der Waals surface area contributed by atoms with Gasteiger partial charge in [0.25, 0.3) is 0 Å². The molecule has 3 aromatic rings. The van der Waals surface area contributed by atoms with Gasteiger partial charge in [0, 0.05) is 21.0 Å². The fourth-order valence-corrected chi connectivity index (χ4v) is 5.05. The highest BCUT2D eigenvalue weighted by Crippen LogP contribution is 2.41. The van der Waals surface area contributed by atoms with Crippen molar-refractivity contribution in [2.45, 2.75) is 6.92 Å². The van der Waals surface area contributed by atoms with Crippen LogP contribution in [0.15, 0.2) is 60.8 Å². The van der Waals surface area contributed by atoms with E-state index in [0.29, 0.717) is 38.6 Å². The first-order valence-electron chi connectivity index (χ1n) is 9.67. The molecule has 0 fully saturated rings. The maximum atomic E-state index is 10.4. The van der Waals surface area contributed by atoms with E-state index in [1.54, 1.807) is 44.4 Å². The third-order valence-corrected chi connectivity index (χ3v) is 6.42. The third kappa shape index (κ3) is 5.69. The van der Waals surface area contributed by atoms with Crippen molar-refractivity contribution < 1.29 is 19.3 Å². The SMILES string of the molecule is C=C(C)CN=c1scc(-c2cc(OC)c(OC)c(OC)c2)n1N=Cc1cc(Br)cc(Br)c1O. The summed E-state index contributed by atoms with van der Waals surface area (Å²) < 4.78 is 19.5. The molecular formula is C23H23Br2N3O4S. The molecule has 0 bridgehead atoms. The average Bonchev–Trinajstić information content (AvgIpc) is 3.20. The quantitative estimate of drug-likeness (QED) is 0.262.